The van der Waals surface area contributed by atoms with E-state index in [1.807, 2.05) is 6.92 Å². The van der Waals surface area contributed by atoms with Crippen LogP contribution in [0.3, 0.4) is 0 Å². The maximum absolute atomic E-state index is 12.3. The predicted molar refractivity (Wildman–Crippen MR) is 86.0 cm³/mol. The summed E-state index contributed by atoms with van der Waals surface area (Å²) in [7, 11) is -2.06. The zero-order chi connectivity index (χ0) is 16.0. The molecule has 2 aromatic carbocycles. The largest absolute Gasteiger partial charge is 0.497 e. The van der Waals surface area contributed by atoms with E-state index in [1.54, 1.807) is 43.5 Å². The highest BCUT2D eigenvalue weighted by atomic mass is 32.2. The van der Waals surface area contributed by atoms with Gasteiger partial charge in [-0.25, -0.2) is 8.42 Å². The molecular formula is C16H19NO4S. The van der Waals surface area contributed by atoms with Gasteiger partial charge in [0.1, 0.15) is 11.5 Å². The Kier molecular flexibility index (Phi) is 5.27. The SMILES string of the molecule is CCCOc1ccc(S(=O)(=O)Nc2ccc(OC)cc2)cc1. The Labute approximate surface area is 130 Å². The van der Waals surface area contributed by atoms with E-state index in [2.05, 4.69) is 4.72 Å². The summed E-state index contributed by atoms with van der Waals surface area (Å²) in [6.45, 7) is 2.62. The molecule has 1 N–H and O–H groups in total. The summed E-state index contributed by atoms with van der Waals surface area (Å²) in [4.78, 5) is 0.187. The van der Waals surface area contributed by atoms with E-state index >= 15 is 0 Å². The van der Waals surface area contributed by atoms with Gasteiger partial charge in [-0.3, -0.25) is 4.72 Å². The fourth-order valence-electron chi connectivity index (χ4n) is 1.81. The molecule has 0 fully saturated rings. The maximum Gasteiger partial charge on any atom is 0.261 e. The van der Waals surface area contributed by atoms with Crippen LogP contribution < -0.4 is 14.2 Å². The second kappa shape index (κ2) is 7.17. The minimum absolute atomic E-state index is 0.187. The second-order valence-corrected chi connectivity index (χ2v) is 6.34. The minimum atomic E-state index is -3.62. The van der Waals surface area contributed by atoms with E-state index in [0.29, 0.717) is 23.8 Å². The first kappa shape index (κ1) is 16.2. The number of nitrogens with one attached hydrogen (secondary N) is 1. The summed E-state index contributed by atoms with van der Waals surface area (Å²) >= 11 is 0. The third-order valence-electron chi connectivity index (χ3n) is 2.95. The number of anilines is 1. The molecule has 118 valence electrons. The molecule has 0 radical (unpaired) electrons. The molecule has 5 nitrogen and oxygen atoms in total. The predicted octanol–water partition coefficient (Wildman–Crippen LogP) is 3.28. The number of methoxy groups -OCH3 is 1. The van der Waals surface area contributed by atoms with E-state index < -0.39 is 10.0 Å². The molecule has 0 spiro atoms. The van der Waals surface area contributed by atoms with Crippen molar-refractivity contribution >= 4 is 15.7 Å². The quantitative estimate of drug-likeness (QED) is 0.850. The maximum atomic E-state index is 12.3. The number of rotatable bonds is 7. The molecule has 0 saturated heterocycles. The summed E-state index contributed by atoms with van der Waals surface area (Å²) in [5.74, 6) is 1.32. The van der Waals surface area contributed by atoms with E-state index in [-0.39, 0.29) is 4.90 Å². The van der Waals surface area contributed by atoms with Crippen LogP contribution in [0, 0.1) is 0 Å². The molecule has 0 unspecified atom stereocenters. The molecule has 0 saturated carbocycles. The molecule has 0 heterocycles. The summed E-state index contributed by atoms with van der Waals surface area (Å²) in [5, 5.41) is 0. The van der Waals surface area contributed by atoms with Crippen LogP contribution in [0.5, 0.6) is 11.5 Å². The lowest BCUT2D eigenvalue weighted by Gasteiger charge is -2.10. The van der Waals surface area contributed by atoms with Crippen LogP contribution in [0.15, 0.2) is 53.4 Å². The van der Waals surface area contributed by atoms with E-state index in [4.69, 9.17) is 9.47 Å². The van der Waals surface area contributed by atoms with Gasteiger partial charge in [0, 0.05) is 5.69 Å². The smallest absolute Gasteiger partial charge is 0.261 e. The van der Waals surface area contributed by atoms with E-state index in [0.717, 1.165) is 6.42 Å². The van der Waals surface area contributed by atoms with Crippen molar-refractivity contribution in [2.75, 3.05) is 18.4 Å². The summed E-state index contributed by atoms with van der Waals surface area (Å²) in [5.41, 5.74) is 0.479. The number of hydrogen-bond acceptors (Lipinski definition) is 4. The highest BCUT2D eigenvalue weighted by Gasteiger charge is 2.14. The van der Waals surface area contributed by atoms with Gasteiger partial charge in [-0.15, -0.1) is 0 Å². The highest BCUT2D eigenvalue weighted by Crippen LogP contribution is 2.21. The van der Waals surface area contributed by atoms with Gasteiger partial charge in [0.05, 0.1) is 18.6 Å². The van der Waals surface area contributed by atoms with Gasteiger partial charge >= 0.3 is 0 Å². The number of benzene rings is 2. The normalized spacial score (nSPS) is 11.0. The van der Waals surface area contributed by atoms with Crippen molar-refractivity contribution in [3.8, 4) is 11.5 Å². The van der Waals surface area contributed by atoms with Crippen LogP contribution in [0.4, 0.5) is 5.69 Å². The average Bonchev–Trinajstić information content (AvgIpc) is 2.53. The molecule has 0 aromatic heterocycles. The summed E-state index contributed by atoms with van der Waals surface area (Å²) in [6, 6.07) is 13.0. The Morgan fingerprint density at radius 3 is 2.09 bits per heavy atom. The van der Waals surface area contributed by atoms with Crippen molar-refractivity contribution in [3.63, 3.8) is 0 Å². The molecule has 0 atom stereocenters. The molecule has 0 aliphatic carbocycles. The lowest BCUT2D eigenvalue weighted by Crippen LogP contribution is -2.12. The van der Waals surface area contributed by atoms with Gasteiger partial charge in [-0.05, 0) is 55.0 Å². The van der Waals surface area contributed by atoms with Crippen LogP contribution in [0.1, 0.15) is 13.3 Å². The third kappa shape index (κ3) is 4.14. The van der Waals surface area contributed by atoms with Crippen molar-refractivity contribution in [2.24, 2.45) is 0 Å². The lowest BCUT2D eigenvalue weighted by molar-refractivity contribution is 0.317. The zero-order valence-corrected chi connectivity index (χ0v) is 13.4. The van der Waals surface area contributed by atoms with Gasteiger partial charge in [0.2, 0.25) is 0 Å². The second-order valence-electron chi connectivity index (χ2n) is 4.65. The van der Waals surface area contributed by atoms with Gasteiger partial charge in [-0.2, -0.15) is 0 Å². The molecule has 0 amide bonds. The Balaban J connectivity index is 2.11. The Hall–Kier alpha value is -2.21. The summed E-state index contributed by atoms with van der Waals surface area (Å²) in [6.07, 6.45) is 0.902. The first-order valence-electron chi connectivity index (χ1n) is 6.95. The highest BCUT2D eigenvalue weighted by molar-refractivity contribution is 7.92. The molecule has 6 heteroatoms. The van der Waals surface area contributed by atoms with Gasteiger partial charge in [-0.1, -0.05) is 6.92 Å². The molecular weight excluding hydrogens is 302 g/mol. The van der Waals surface area contributed by atoms with Crippen LogP contribution >= 0.6 is 0 Å². The van der Waals surface area contributed by atoms with Gasteiger partial charge in [0.15, 0.2) is 0 Å². The molecule has 0 aliphatic rings. The number of sulfonamides is 1. The van der Waals surface area contributed by atoms with Gasteiger partial charge in [0.25, 0.3) is 10.0 Å². The fraction of sp³-hybridized carbons (Fsp3) is 0.250. The van der Waals surface area contributed by atoms with Crippen molar-refractivity contribution < 1.29 is 17.9 Å². The minimum Gasteiger partial charge on any atom is -0.497 e. The van der Waals surface area contributed by atoms with E-state index in [1.165, 1.54) is 12.1 Å². The van der Waals surface area contributed by atoms with Crippen LogP contribution in [-0.2, 0) is 10.0 Å². The average molecular weight is 321 g/mol. The molecule has 2 aromatic rings. The monoisotopic (exact) mass is 321 g/mol. The summed E-state index contributed by atoms with van der Waals surface area (Å²) < 4.78 is 37.6. The van der Waals surface area contributed by atoms with Crippen molar-refractivity contribution in [1.29, 1.82) is 0 Å². The van der Waals surface area contributed by atoms with Crippen molar-refractivity contribution in [1.82, 2.24) is 0 Å². The van der Waals surface area contributed by atoms with Crippen molar-refractivity contribution in [3.05, 3.63) is 48.5 Å². The number of ether oxygens (including phenoxy) is 2. The Morgan fingerprint density at radius 1 is 0.955 bits per heavy atom. The first-order chi connectivity index (χ1) is 10.5. The van der Waals surface area contributed by atoms with Crippen LogP contribution in [0.25, 0.3) is 0 Å². The van der Waals surface area contributed by atoms with Crippen LogP contribution in [-0.4, -0.2) is 22.1 Å². The molecule has 2 rings (SSSR count). The first-order valence-corrected chi connectivity index (χ1v) is 8.43. The topological polar surface area (TPSA) is 64.6 Å². The van der Waals surface area contributed by atoms with Crippen LogP contribution in [0.2, 0.25) is 0 Å². The molecule has 0 bridgehead atoms. The standard InChI is InChI=1S/C16H19NO4S/c1-3-12-21-15-8-10-16(11-9-15)22(18,19)17-13-4-6-14(20-2)7-5-13/h4-11,17H,3,12H2,1-2H3. The molecule has 0 aliphatic heterocycles. The Morgan fingerprint density at radius 2 is 1.55 bits per heavy atom. The van der Waals surface area contributed by atoms with E-state index in [9.17, 15) is 8.42 Å². The van der Waals surface area contributed by atoms with Gasteiger partial charge < -0.3 is 9.47 Å². The number of hydrogen-bond donors (Lipinski definition) is 1. The lowest BCUT2D eigenvalue weighted by atomic mass is 10.3. The zero-order valence-electron chi connectivity index (χ0n) is 12.6. The third-order valence-corrected chi connectivity index (χ3v) is 4.35. The fourth-order valence-corrected chi connectivity index (χ4v) is 2.87. The molecule has 22 heavy (non-hydrogen) atoms. The van der Waals surface area contributed by atoms with Crippen molar-refractivity contribution in [2.45, 2.75) is 18.2 Å². The Bertz CT molecular complexity index is 694.